The van der Waals surface area contributed by atoms with Crippen molar-refractivity contribution in [1.82, 2.24) is 10.3 Å². The molecular formula is C14H14FIN2. The fourth-order valence-corrected chi connectivity index (χ4v) is 2.16. The Morgan fingerprint density at radius 2 is 1.94 bits per heavy atom. The third-order valence-corrected chi connectivity index (χ3v) is 3.53. The molecule has 0 saturated heterocycles. The van der Waals surface area contributed by atoms with Crippen molar-refractivity contribution in [3.05, 3.63) is 63.2 Å². The van der Waals surface area contributed by atoms with E-state index in [2.05, 4.69) is 57.2 Å². The van der Waals surface area contributed by atoms with Crippen LogP contribution in [0, 0.1) is 9.39 Å². The highest BCUT2D eigenvalue weighted by atomic mass is 127. The molecule has 1 heterocycles. The molecule has 1 unspecified atom stereocenters. The van der Waals surface area contributed by atoms with Crippen molar-refractivity contribution >= 4 is 22.6 Å². The Balaban J connectivity index is 2.14. The molecule has 1 aromatic carbocycles. The van der Waals surface area contributed by atoms with Gasteiger partial charge in [0.05, 0.1) is 17.9 Å². The van der Waals surface area contributed by atoms with Crippen molar-refractivity contribution in [3.63, 3.8) is 0 Å². The van der Waals surface area contributed by atoms with E-state index in [1.807, 2.05) is 7.05 Å². The smallest absolute Gasteiger partial charge is 0.141 e. The zero-order chi connectivity index (χ0) is 13.0. The van der Waals surface area contributed by atoms with Crippen LogP contribution in [0.25, 0.3) is 0 Å². The number of pyridine rings is 1. The van der Waals surface area contributed by atoms with Crippen LogP contribution in [-0.4, -0.2) is 12.0 Å². The maximum atomic E-state index is 12.8. The first kappa shape index (κ1) is 13.4. The molecule has 0 aliphatic rings. The van der Waals surface area contributed by atoms with Crippen molar-refractivity contribution in [3.8, 4) is 0 Å². The molecule has 2 aromatic rings. The molecule has 0 aliphatic carbocycles. The zero-order valence-corrected chi connectivity index (χ0v) is 12.2. The second-order valence-electron chi connectivity index (χ2n) is 4.07. The summed E-state index contributed by atoms with van der Waals surface area (Å²) in [6.45, 7) is 0. The quantitative estimate of drug-likeness (QED) is 0.851. The van der Waals surface area contributed by atoms with Gasteiger partial charge >= 0.3 is 0 Å². The van der Waals surface area contributed by atoms with Gasteiger partial charge in [0, 0.05) is 3.57 Å². The summed E-state index contributed by atoms with van der Waals surface area (Å²) in [5.74, 6) is -0.303. The normalized spacial score (nSPS) is 12.4. The second-order valence-corrected chi connectivity index (χ2v) is 5.32. The molecule has 0 aliphatic heterocycles. The van der Waals surface area contributed by atoms with Gasteiger partial charge in [-0.1, -0.05) is 12.1 Å². The number of nitrogens with one attached hydrogen (secondary N) is 1. The van der Waals surface area contributed by atoms with E-state index in [1.165, 1.54) is 21.4 Å². The molecule has 18 heavy (non-hydrogen) atoms. The number of aromatic nitrogens is 1. The highest BCUT2D eigenvalue weighted by molar-refractivity contribution is 14.1. The first-order valence-electron chi connectivity index (χ1n) is 5.72. The summed E-state index contributed by atoms with van der Waals surface area (Å²) in [7, 11) is 1.89. The Morgan fingerprint density at radius 1 is 1.22 bits per heavy atom. The summed E-state index contributed by atoms with van der Waals surface area (Å²) in [4.78, 5) is 4.12. The first-order valence-corrected chi connectivity index (χ1v) is 6.80. The van der Waals surface area contributed by atoms with Gasteiger partial charge in [-0.2, -0.15) is 0 Å². The lowest BCUT2D eigenvalue weighted by atomic mass is 10.0. The monoisotopic (exact) mass is 356 g/mol. The molecule has 1 aromatic heterocycles. The van der Waals surface area contributed by atoms with Gasteiger partial charge in [0.25, 0.3) is 0 Å². The lowest BCUT2D eigenvalue weighted by Crippen LogP contribution is -2.20. The molecule has 0 bridgehead atoms. The lowest BCUT2D eigenvalue weighted by molar-refractivity contribution is 0.565. The van der Waals surface area contributed by atoms with Crippen LogP contribution in [0.4, 0.5) is 4.39 Å². The predicted octanol–water partition coefficient (Wildman–Crippen LogP) is 3.33. The number of rotatable bonds is 4. The fraction of sp³-hybridized carbons (Fsp3) is 0.214. The van der Waals surface area contributed by atoms with Crippen molar-refractivity contribution < 1.29 is 4.39 Å². The van der Waals surface area contributed by atoms with Gasteiger partial charge in [-0.3, -0.25) is 4.98 Å². The van der Waals surface area contributed by atoms with Crippen molar-refractivity contribution in [1.29, 1.82) is 0 Å². The minimum absolute atomic E-state index is 0.102. The van der Waals surface area contributed by atoms with Gasteiger partial charge in [-0.25, -0.2) is 4.39 Å². The van der Waals surface area contributed by atoms with E-state index in [-0.39, 0.29) is 11.9 Å². The van der Waals surface area contributed by atoms with Crippen molar-refractivity contribution in [2.24, 2.45) is 0 Å². The Bertz CT molecular complexity index is 496. The van der Waals surface area contributed by atoms with Crippen molar-refractivity contribution in [2.75, 3.05) is 7.05 Å². The molecule has 1 N–H and O–H groups in total. The highest BCUT2D eigenvalue weighted by Crippen LogP contribution is 2.17. The summed E-state index contributed by atoms with van der Waals surface area (Å²) < 4.78 is 14.1. The van der Waals surface area contributed by atoms with Gasteiger partial charge in [0.2, 0.25) is 0 Å². The highest BCUT2D eigenvalue weighted by Gasteiger charge is 2.11. The Labute approximate surface area is 120 Å². The van der Waals surface area contributed by atoms with Crippen LogP contribution in [-0.2, 0) is 6.42 Å². The van der Waals surface area contributed by atoms with E-state index in [4.69, 9.17) is 0 Å². The molecule has 2 rings (SSSR count). The van der Waals surface area contributed by atoms with Gasteiger partial charge in [0.1, 0.15) is 5.82 Å². The molecule has 1 atom stereocenters. The van der Waals surface area contributed by atoms with Crippen LogP contribution in [0.15, 0.2) is 42.6 Å². The molecule has 0 saturated carbocycles. The number of hydrogen-bond donors (Lipinski definition) is 1. The van der Waals surface area contributed by atoms with E-state index in [1.54, 1.807) is 6.07 Å². The van der Waals surface area contributed by atoms with Gasteiger partial charge < -0.3 is 5.32 Å². The lowest BCUT2D eigenvalue weighted by Gasteiger charge is -2.15. The topological polar surface area (TPSA) is 24.9 Å². The summed E-state index contributed by atoms with van der Waals surface area (Å²) in [5, 5.41) is 3.21. The predicted molar refractivity (Wildman–Crippen MR) is 78.9 cm³/mol. The van der Waals surface area contributed by atoms with Crippen LogP contribution >= 0.6 is 22.6 Å². The minimum Gasteiger partial charge on any atom is -0.311 e. The Kier molecular flexibility index (Phi) is 4.66. The zero-order valence-electron chi connectivity index (χ0n) is 10.0. The fourth-order valence-electron chi connectivity index (χ4n) is 1.80. The van der Waals surface area contributed by atoms with Crippen LogP contribution in [0.5, 0.6) is 0 Å². The molecule has 0 spiro atoms. The summed E-state index contributed by atoms with van der Waals surface area (Å²) in [6, 6.07) is 11.7. The van der Waals surface area contributed by atoms with Crippen LogP contribution < -0.4 is 5.32 Å². The summed E-state index contributed by atoms with van der Waals surface area (Å²) in [6.07, 6.45) is 2.10. The van der Waals surface area contributed by atoms with Gasteiger partial charge in [0.15, 0.2) is 0 Å². The van der Waals surface area contributed by atoms with Crippen LogP contribution in [0.3, 0.4) is 0 Å². The summed E-state index contributed by atoms with van der Waals surface area (Å²) >= 11 is 2.28. The minimum atomic E-state index is -0.303. The number of nitrogens with zero attached hydrogens (tertiary/aromatic N) is 1. The molecule has 2 nitrogen and oxygen atoms in total. The third kappa shape index (κ3) is 3.49. The average molecular weight is 356 g/mol. The molecule has 0 amide bonds. The van der Waals surface area contributed by atoms with E-state index in [0.29, 0.717) is 0 Å². The summed E-state index contributed by atoms with van der Waals surface area (Å²) in [5.41, 5.74) is 2.10. The maximum absolute atomic E-state index is 12.8. The largest absolute Gasteiger partial charge is 0.311 e. The molecule has 0 radical (unpaired) electrons. The number of halogens is 2. The van der Waals surface area contributed by atoms with Gasteiger partial charge in [-0.15, -0.1) is 0 Å². The third-order valence-electron chi connectivity index (χ3n) is 2.81. The molecule has 94 valence electrons. The van der Waals surface area contributed by atoms with E-state index in [0.717, 1.165) is 12.1 Å². The molecule has 4 heteroatoms. The Morgan fingerprint density at radius 3 is 2.50 bits per heavy atom. The number of likely N-dealkylation sites (N-methyl/N-ethyl adjacent to an activating group) is 1. The second kappa shape index (κ2) is 6.24. The van der Waals surface area contributed by atoms with Gasteiger partial charge in [-0.05, 0) is 65.9 Å². The van der Waals surface area contributed by atoms with Crippen LogP contribution in [0.2, 0.25) is 0 Å². The van der Waals surface area contributed by atoms with E-state index in [9.17, 15) is 4.39 Å². The Hall–Kier alpha value is -1.01. The molecular weight excluding hydrogens is 342 g/mol. The molecule has 0 fully saturated rings. The van der Waals surface area contributed by atoms with Crippen LogP contribution in [0.1, 0.15) is 17.3 Å². The maximum Gasteiger partial charge on any atom is 0.141 e. The van der Waals surface area contributed by atoms with Crippen molar-refractivity contribution in [2.45, 2.75) is 12.5 Å². The number of benzene rings is 1. The number of hydrogen-bond acceptors (Lipinski definition) is 2. The first-order chi connectivity index (χ1) is 8.69. The van der Waals surface area contributed by atoms with E-state index >= 15 is 0 Å². The SMILES string of the molecule is CNC(Cc1ccc(I)cc1)c1ccc(F)cn1. The van der Waals surface area contributed by atoms with E-state index < -0.39 is 0 Å². The average Bonchev–Trinajstić information content (AvgIpc) is 2.39. The standard InChI is InChI=1S/C14H14FIN2/c1-17-14(13-7-4-11(15)9-18-13)8-10-2-5-12(16)6-3-10/h2-7,9,14,17H,8H2,1H3.